The van der Waals surface area contributed by atoms with Gasteiger partial charge in [0.1, 0.15) is 7.28 Å². The second kappa shape index (κ2) is 13.9. The normalized spacial score (nSPS) is 14.3. The van der Waals surface area contributed by atoms with Crippen LogP contribution < -0.4 is 10.9 Å². The summed E-state index contributed by atoms with van der Waals surface area (Å²) in [6.45, 7) is 28.1. The molecule has 212 valence electrons. The lowest BCUT2D eigenvalue weighted by Crippen LogP contribution is -2.48. The van der Waals surface area contributed by atoms with Crippen LogP contribution in [0.3, 0.4) is 0 Å². The van der Waals surface area contributed by atoms with E-state index in [4.69, 9.17) is 0 Å². The molecule has 3 rings (SSSR count). The van der Waals surface area contributed by atoms with Gasteiger partial charge in [0, 0.05) is 0 Å². The predicted octanol–water partition coefficient (Wildman–Crippen LogP) is 9.22. The summed E-state index contributed by atoms with van der Waals surface area (Å²) in [4.78, 5) is 0. The van der Waals surface area contributed by atoms with E-state index in [1.807, 2.05) is 0 Å². The first-order valence-electron chi connectivity index (χ1n) is 15.7. The minimum Gasteiger partial charge on any atom is -0.0999 e. The van der Waals surface area contributed by atoms with Crippen molar-refractivity contribution in [3.63, 3.8) is 0 Å². The van der Waals surface area contributed by atoms with Crippen molar-refractivity contribution in [3.8, 4) is 0 Å². The highest BCUT2D eigenvalue weighted by Gasteiger charge is 2.32. The maximum Gasteiger partial charge on any atom is 0.210 e. The molecule has 3 unspecified atom stereocenters. The third kappa shape index (κ3) is 8.28. The smallest absolute Gasteiger partial charge is 0.0999 e. The van der Waals surface area contributed by atoms with Crippen LogP contribution in [0.2, 0.25) is 19.0 Å². The van der Waals surface area contributed by atoms with Crippen LogP contribution in [0.4, 0.5) is 0 Å². The van der Waals surface area contributed by atoms with Crippen LogP contribution >= 0.6 is 0 Å². The summed E-state index contributed by atoms with van der Waals surface area (Å²) in [5, 5.41) is 0. The van der Waals surface area contributed by atoms with Crippen LogP contribution in [-0.4, -0.2) is 14.0 Å². The molecule has 0 N–H and O–H groups in total. The van der Waals surface area contributed by atoms with Crippen molar-refractivity contribution in [1.29, 1.82) is 0 Å². The predicted molar refractivity (Wildman–Crippen MR) is 184 cm³/mol. The van der Waals surface area contributed by atoms with Crippen molar-refractivity contribution in [2.45, 2.75) is 107 Å². The lowest BCUT2D eigenvalue weighted by Gasteiger charge is -2.35. The Morgan fingerprint density at radius 2 is 1.30 bits per heavy atom. The quantitative estimate of drug-likeness (QED) is 0.152. The largest absolute Gasteiger partial charge is 0.210 e. The molecule has 0 heterocycles. The minimum atomic E-state index is 0.284. The minimum absolute atomic E-state index is 0.284. The second-order valence-electron chi connectivity index (χ2n) is 13.7. The molecule has 0 radical (unpaired) electrons. The van der Waals surface area contributed by atoms with E-state index in [0.717, 1.165) is 0 Å². The van der Waals surface area contributed by atoms with Crippen molar-refractivity contribution in [2.75, 3.05) is 0 Å². The van der Waals surface area contributed by atoms with E-state index in [2.05, 4.69) is 130 Å². The maximum atomic E-state index is 4.34. The second-order valence-corrected chi connectivity index (χ2v) is 13.7. The molecular weight excluding hydrogens is 478 g/mol. The molecule has 0 spiro atoms. The van der Waals surface area contributed by atoms with Gasteiger partial charge >= 0.3 is 0 Å². The van der Waals surface area contributed by atoms with E-state index < -0.39 is 0 Å². The Balaban J connectivity index is 1.93. The molecule has 3 aromatic carbocycles. The summed E-state index contributed by atoms with van der Waals surface area (Å²) in [5.74, 6) is 1.15. The van der Waals surface area contributed by atoms with E-state index in [-0.39, 0.29) is 5.41 Å². The van der Waals surface area contributed by atoms with Gasteiger partial charge in [-0.15, -0.1) is 0 Å². The fourth-order valence-electron chi connectivity index (χ4n) is 7.43. The van der Waals surface area contributed by atoms with Crippen LogP contribution in [0, 0.1) is 52.9 Å². The summed E-state index contributed by atoms with van der Waals surface area (Å²) in [7, 11) is 1.27. The maximum absolute atomic E-state index is 4.34. The molecule has 0 aliphatic heterocycles. The molecule has 3 atom stereocenters. The van der Waals surface area contributed by atoms with E-state index >= 15 is 0 Å². The lowest BCUT2D eigenvalue weighted by molar-refractivity contribution is 0.283. The molecule has 2 heteroatoms. The van der Waals surface area contributed by atoms with Gasteiger partial charge in [0.25, 0.3) is 0 Å². The van der Waals surface area contributed by atoms with Crippen LogP contribution in [0.15, 0.2) is 66.7 Å². The molecular formula is C38H54B2. The van der Waals surface area contributed by atoms with Gasteiger partial charge < -0.3 is 0 Å². The molecule has 0 fully saturated rings. The Hall–Kier alpha value is -2.47. The Labute approximate surface area is 248 Å². The summed E-state index contributed by atoms with van der Waals surface area (Å²) in [6.07, 6.45) is 6.15. The number of benzene rings is 3. The molecule has 0 aliphatic carbocycles. The molecule has 0 saturated carbocycles. The highest BCUT2D eigenvalue weighted by atomic mass is 14.3. The Kier molecular flexibility index (Phi) is 11.2. The van der Waals surface area contributed by atoms with Gasteiger partial charge in [-0.25, -0.2) is 0 Å². The highest BCUT2D eigenvalue weighted by molar-refractivity contribution is 6.86. The molecule has 0 amide bonds. The monoisotopic (exact) mass is 532 g/mol. The van der Waals surface area contributed by atoms with E-state index in [1.165, 1.54) is 83.6 Å². The van der Waals surface area contributed by atoms with E-state index in [9.17, 15) is 0 Å². The zero-order valence-electron chi connectivity index (χ0n) is 27.4. The zero-order chi connectivity index (χ0) is 29.6. The highest BCUT2D eigenvalue weighted by Crippen LogP contribution is 2.39. The molecule has 0 bridgehead atoms. The third-order valence-corrected chi connectivity index (χ3v) is 9.64. The van der Waals surface area contributed by atoms with Gasteiger partial charge in [0.2, 0.25) is 6.71 Å². The van der Waals surface area contributed by atoms with Crippen molar-refractivity contribution in [2.24, 2.45) is 11.3 Å². The Morgan fingerprint density at radius 1 is 0.825 bits per heavy atom. The van der Waals surface area contributed by atoms with Gasteiger partial charge in [-0.3, -0.25) is 0 Å². The topological polar surface area (TPSA) is 0 Å². The van der Waals surface area contributed by atoms with Crippen molar-refractivity contribution < 1.29 is 0 Å². The first kappa shape index (κ1) is 32.0. The van der Waals surface area contributed by atoms with Gasteiger partial charge in [0.15, 0.2) is 0 Å². The third-order valence-electron chi connectivity index (χ3n) is 9.64. The number of rotatable bonds is 13. The summed E-state index contributed by atoms with van der Waals surface area (Å²) >= 11 is 0. The average Bonchev–Trinajstić information content (AvgIpc) is 2.86. The Morgan fingerprint density at radius 3 is 1.75 bits per heavy atom. The number of hydrogen-bond acceptors (Lipinski definition) is 0. The van der Waals surface area contributed by atoms with Crippen molar-refractivity contribution >= 4 is 24.9 Å². The zero-order valence-corrected chi connectivity index (χ0v) is 27.4. The number of allylic oxidation sites excluding steroid dienone is 1. The fourth-order valence-corrected chi connectivity index (χ4v) is 7.43. The first-order valence-corrected chi connectivity index (χ1v) is 15.7. The van der Waals surface area contributed by atoms with Gasteiger partial charge in [-0.05, 0) is 77.7 Å². The Bertz CT molecular complexity index is 1180. The summed E-state index contributed by atoms with van der Waals surface area (Å²) in [5.41, 5.74) is 14.7. The van der Waals surface area contributed by atoms with Crippen molar-refractivity contribution in [1.82, 2.24) is 0 Å². The molecule has 40 heavy (non-hydrogen) atoms. The van der Waals surface area contributed by atoms with Crippen molar-refractivity contribution in [3.05, 3.63) is 106 Å². The van der Waals surface area contributed by atoms with Gasteiger partial charge in [-0.2, -0.15) is 0 Å². The van der Waals surface area contributed by atoms with Gasteiger partial charge in [-0.1, -0.05) is 157 Å². The number of hydrogen-bond donors (Lipinski definition) is 0. The van der Waals surface area contributed by atoms with Crippen LogP contribution in [0.1, 0.15) is 85.4 Å². The van der Waals surface area contributed by atoms with E-state index in [0.29, 0.717) is 18.5 Å². The van der Waals surface area contributed by atoms with Crippen LogP contribution in [0.5, 0.6) is 0 Å². The first-order chi connectivity index (χ1) is 18.8. The molecule has 3 aromatic rings. The lowest BCUT2D eigenvalue weighted by atomic mass is 9.34. The van der Waals surface area contributed by atoms with Crippen LogP contribution in [-0.2, 0) is 0 Å². The summed E-state index contributed by atoms with van der Waals surface area (Å²) < 4.78 is 0. The number of aryl methyl sites for hydroxylation is 6. The fraction of sp³-hybridized carbons (Fsp3) is 0.474. The molecule has 0 saturated heterocycles. The SMILES string of the molecule is C=C(C)C(C)CC(C)(CBCC(C)c1ccccc1)CCB(c1c(C)cc(C)cc1C)c1c(C)cc(C)cc1C. The van der Waals surface area contributed by atoms with Gasteiger partial charge in [0.05, 0.1) is 0 Å². The molecule has 0 aliphatic rings. The molecule has 0 aromatic heterocycles. The van der Waals surface area contributed by atoms with Crippen LogP contribution in [0.25, 0.3) is 0 Å². The average molecular weight is 532 g/mol. The molecule has 0 nitrogen and oxygen atoms in total. The van der Waals surface area contributed by atoms with E-state index in [1.54, 1.807) is 10.9 Å². The summed E-state index contributed by atoms with van der Waals surface area (Å²) in [6, 6.07) is 20.6. The standard InChI is InChI=1S/C38H54B2/c1-26(2)33(9)23-38(11,25-39-24-34(10)35-15-13-12-14-16-35)17-18-40(36-29(5)19-27(3)20-30(36)6)37-31(7)21-28(4)22-32(37)8/h12-16,19-22,33-34,39H,1,17-18,23-25H2,2-11H3.